The van der Waals surface area contributed by atoms with Gasteiger partial charge in [-0.25, -0.2) is 4.98 Å². The van der Waals surface area contributed by atoms with Gasteiger partial charge in [-0.15, -0.1) is 0 Å². The van der Waals surface area contributed by atoms with E-state index in [1.807, 2.05) is 6.07 Å². The normalized spacial score (nSPS) is 17.6. The minimum Gasteiger partial charge on any atom is -0.361 e. The fourth-order valence-electron chi connectivity index (χ4n) is 2.18. The van der Waals surface area contributed by atoms with Gasteiger partial charge in [-0.1, -0.05) is 29.9 Å². The Kier molecular flexibility index (Phi) is 4.81. The summed E-state index contributed by atoms with van der Waals surface area (Å²) in [5.41, 5.74) is 0. The quantitative estimate of drug-likeness (QED) is 0.903. The molecule has 1 saturated heterocycles. The highest BCUT2D eigenvalue weighted by atomic mass is 35.5. The second-order valence-electron chi connectivity index (χ2n) is 4.74. The van der Waals surface area contributed by atoms with Crippen LogP contribution in [-0.2, 0) is 0 Å². The lowest BCUT2D eigenvalue weighted by Gasteiger charge is -2.20. The molecule has 0 aromatic carbocycles. The highest BCUT2D eigenvalue weighted by molar-refractivity contribution is 7.16. The molecule has 1 atom stereocenters. The lowest BCUT2D eigenvalue weighted by atomic mass is 10.2. The van der Waals surface area contributed by atoms with Crippen LogP contribution in [0.1, 0.15) is 24.6 Å². The Balaban J connectivity index is 1.77. The Labute approximate surface area is 117 Å². The largest absolute Gasteiger partial charge is 0.361 e. The first kappa shape index (κ1) is 13.6. The van der Waals surface area contributed by atoms with E-state index in [4.69, 9.17) is 16.9 Å². The molecule has 1 aromatic heterocycles. The molecule has 1 aliphatic heterocycles. The molecule has 2 heterocycles. The van der Waals surface area contributed by atoms with E-state index in [0.29, 0.717) is 15.9 Å². The van der Waals surface area contributed by atoms with Crippen LogP contribution in [0.25, 0.3) is 0 Å². The molecule has 1 unspecified atom stereocenters. The summed E-state index contributed by atoms with van der Waals surface area (Å²) in [7, 11) is 0. The minimum absolute atomic E-state index is 0.303. The van der Waals surface area contributed by atoms with Gasteiger partial charge in [0.2, 0.25) is 0 Å². The molecule has 0 amide bonds. The van der Waals surface area contributed by atoms with Crippen molar-refractivity contribution in [2.45, 2.75) is 19.8 Å². The van der Waals surface area contributed by atoms with Crippen LogP contribution in [0.3, 0.4) is 0 Å². The van der Waals surface area contributed by atoms with Crippen molar-refractivity contribution in [3.63, 3.8) is 0 Å². The molecule has 4 nitrogen and oxygen atoms in total. The lowest BCUT2D eigenvalue weighted by Crippen LogP contribution is -2.28. The third kappa shape index (κ3) is 3.58. The number of likely N-dealkylation sites (tertiary alicyclic amines) is 1. The summed E-state index contributed by atoms with van der Waals surface area (Å²) in [6.45, 7) is 6.67. The van der Waals surface area contributed by atoms with Gasteiger partial charge in [0.25, 0.3) is 0 Å². The Hall–Kier alpha value is -0.830. The third-order valence-corrected chi connectivity index (χ3v) is 4.36. The number of anilines is 1. The van der Waals surface area contributed by atoms with E-state index in [1.165, 1.54) is 37.3 Å². The number of rotatable bonds is 5. The van der Waals surface area contributed by atoms with E-state index < -0.39 is 0 Å². The lowest BCUT2D eigenvalue weighted by molar-refractivity contribution is 0.294. The molecule has 98 valence electrons. The van der Waals surface area contributed by atoms with Crippen molar-refractivity contribution in [3.05, 3.63) is 10.0 Å². The first-order valence-electron chi connectivity index (χ1n) is 6.21. The first-order chi connectivity index (χ1) is 8.69. The zero-order chi connectivity index (χ0) is 13.0. The highest BCUT2D eigenvalue weighted by Gasteiger charge is 2.15. The maximum absolute atomic E-state index is 8.80. The smallest absolute Gasteiger partial charge is 0.185 e. The zero-order valence-corrected chi connectivity index (χ0v) is 12.0. The standard InChI is InChI=1S/C12H17ClN4S/c1-9(8-17-4-2-3-5-17)7-15-12-16-11(13)10(6-14)18-12/h9H,2-5,7-8H2,1H3,(H,15,16). The Morgan fingerprint density at radius 2 is 2.28 bits per heavy atom. The fraction of sp³-hybridized carbons (Fsp3) is 0.667. The molecule has 1 fully saturated rings. The summed E-state index contributed by atoms with van der Waals surface area (Å²) >= 11 is 7.14. The molecule has 0 saturated carbocycles. The van der Waals surface area contributed by atoms with Crippen molar-refractivity contribution in [3.8, 4) is 6.07 Å². The van der Waals surface area contributed by atoms with Gasteiger partial charge in [0, 0.05) is 13.1 Å². The van der Waals surface area contributed by atoms with E-state index in [1.54, 1.807) is 0 Å². The van der Waals surface area contributed by atoms with Gasteiger partial charge in [-0.3, -0.25) is 0 Å². The second kappa shape index (κ2) is 6.37. The van der Waals surface area contributed by atoms with E-state index >= 15 is 0 Å². The van der Waals surface area contributed by atoms with E-state index in [0.717, 1.165) is 18.2 Å². The van der Waals surface area contributed by atoms with Gasteiger partial charge in [0.05, 0.1) is 0 Å². The summed E-state index contributed by atoms with van der Waals surface area (Å²) in [5, 5.41) is 13.1. The van der Waals surface area contributed by atoms with Crippen LogP contribution in [0.15, 0.2) is 0 Å². The second-order valence-corrected chi connectivity index (χ2v) is 6.10. The predicted molar refractivity (Wildman–Crippen MR) is 75.2 cm³/mol. The number of thiazole rings is 1. The van der Waals surface area contributed by atoms with Gasteiger partial charge in [0.1, 0.15) is 10.9 Å². The molecule has 1 aromatic rings. The van der Waals surface area contributed by atoms with Gasteiger partial charge in [-0.05, 0) is 31.8 Å². The van der Waals surface area contributed by atoms with Gasteiger partial charge >= 0.3 is 0 Å². The molecule has 1 N–H and O–H groups in total. The molecule has 18 heavy (non-hydrogen) atoms. The average Bonchev–Trinajstić information content (AvgIpc) is 2.96. The number of nitrogens with one attached hydrogen (secondary N) is 1. The summed E-state index contributed by atoms with van der Waals surface area (Å²) < 4.78 is 0. The number of aromatic nitrogens is 1. The first-order valence-corrected chi connectivity index (χ1v) is 7.41. The third-order valence-electron chi connectivity index (χ3n) is 3.06. The van der Waals surface area contributed by atoms with Gasteiger partial charge in [0.15, 0.2) is 10.3 Å². The molecule has 6 heteroatoms. The van der Waals surface area contributed by atoms with Crippen molar-refractivity contribution < 1.29 is 0 Å². The molecule has 1 aliphatic rings. The van der Waals surface area contributed by atoms with Crippen molar-refractivity contribution in [2.75, 3.05) is 31.5 Å². The van der Waals surface area contributed by atoms with Crippen LogP contribution in [0.2, 0.25) is 5.15 Å². The van der Waals surface area contributed by atoms with E-state index in [-0.39, 0.29) is 0 Å². The zero-order valence-electron chi connectivity index (χ0n) is 10.4. The monoisotopic (exact) mass is 284 g/mol. The molecule has 0 spiro atoms. The number of hydrogen-bond acceptors (Lipinski definition) is 5. The van der Waals surface area contributed by atoms with Crippen LogP contribution in [0.4, 0.5) is 5.13 Å². The Morgan fingerprint density at radius 3 is 2.89 bits per heavy atom. The van der Waals surface area contributed by atoms with Crippen molar-refractivity contribution in [1.82, 2.24) is 9.88 Å². The number of halogens is 1. The fourth-order valence-corrected chi connectivity index (χ4v) is 3.13. The van der Waals surface area contributed by atoms with Crippen molar-refractivity contribution >= 4 is 28.1 Å². The SMILES string of the molecule is CC(CNc1nc(Cl)c(C#N)s1)CN1CCCC1. The van der Waals surface area contributed by atoms with E-state index in [2.05, 4.69) is 22.1 Å². The number of hydrogen-bond donors (Lipinski definition) is 1. The van der Waals surface area contributed by atoms with Crippen LogP contribution in [0.5, 0.6) is 0 Å². The maximum atomic E-state index is 8.80. The molecule has 0 bridgehead atoms. The van der Waals surface area contributed by atoms with Crippen LogP contribution in [0, 0.1) is 17.2 Å². The summed E-state index contributed by atoms with van der Waals surface area (Å²) in [6.07, 6.45) is 2.65. The van der Waals surface area contributed by atoms with Crippen LogP contribution >= 0.6 is 22.9 Å². The number of nitriles is 1. The summed E-state index contributed by atoms with van der Waals surface area (Å²) in [6, 6.07) is 2.04. The highest BCUT2D eigenvalue weighted by Crippen LogP contribution is 2.26. The van der Waals surface area contributed by atoms with Crippen LogP contribution in [-0.4, -0.2) is 36.1 Å². The van der Waals surface area contributed by atoms with Gasteiger partial charge < -0.3 is 10.2 Å². The van der Waals surface area contributed by atoms with Gasteiger partial charge in [-0.2, -0.15) is 5.26 Å². The summed E-state index contributed by atoms with van der Waals surface area (Å²) in [4.78, 5) is 7.10. The average molecular weight is 285 g/mol. The predicted octanol–water partition coefficient (Wildman–Crippen LogP) is 2.81. The summed E-state index contributed by atoms with van der Waals surface area (Å²) in [5.74, 6) is 0.566. The molecule has 0 radical (unpaired) electrons. The minimum atomic E-state index is 0.303. The Bertz CT molecular complexity index is 434. The van der Waals surface area contributed by atoms with E-state index in [9.17, 15) is 0 Å². The van der Waals surface area contributed by atoms with Crippen molar-refractivity contribution in [2.24, 2.45) is 5.92 Å². The molecular formula is C12H17ClN4S. The van der Waals surface area contributed by atoms with Crippen molar-refractivity contribution in [1.29, 1.82) is 5.26 Å². The molecule has 2 rings (SSSR count). The number of nitrogens with zero attached hydrogens (tertiary/aromatic N) is 3. The Morgan fingerprint density at radius 1 is 1.56 bits per heavy atom. The maximum Gasteiger partial charge on any atom is 0.185 e. The van der Waals surface area contributed by atoms with Crippen LogP contribution < -0.4 is 5.32 Å². The molecular weight excluding hydrogens is 268 g/mol. The molecule has 0 aliphatic carbocycles. The topological polar surface area (TPSA) is 52.0 Å².